The Hall–Kier alpha value is -0.410. The summed E-state index contributed by atoms with van der Waals surface area (Å²) in [6.07, 6.45) is 5.54. The first-order chi connectivity index (χ1) is 7.65. The molecule has 1 aromatic rings. The van der Waals surface area contributed by atoms with E-state index in [4.69, 9.17) is 5.73 Å². The van der Waals surface area contributed by atoms with E-state index in [2.05, 4.69) is 22.9 Å². The molecule has 0 amide bonds. The van der Waals surface area contributed by atoms with Crippen LogP contribution in [0.1, 0.15) is 50.6 Å². The molecule has 0 radical (unpaired) electrons. The molecule has 3 heteroatoms. The fraction of sp³-hybridized carbons (Fsp3) is 0.538. The minimum atomic E-state index is -0.203. The quantitative estimate of drug-likeness (QED) is 0.763. The smallest absolute Gasteiger partial charge is 0.128 e. The summed E-state index contributed by atoms with van der Waals surface area (Å²) in [5.74, 6) is -0.203. The van der Waals surface area contributed by atoms with Crippen molar-refractivity contribution in [3.05, 3.63) is 34.1 Å². The van der Waals surface area contributed by atoms with E-state index in [1.54, 1.807) is 12.1 Å². The van der Waals surface area contributed by atoms with E-state index in [1.807, 2.05) is 0 Å². The molecule has 1 rings (SSSR count). The highest BCUT2D eigenvalue weighted by atomic mass is 79.9. The van der Waals surface area contributed by atoms with Crippen LogP contribution in [0.3, 0.4) is 0 Å². The summed E-state index contributed by atoms with van der Waals surface area (Å²) in [4.78, 5) is 0. The summed E-state index contributed by atoms with van der Waals surface area (Å²) in [6.45, 7) is 2.17. The number of nitrogens with two attached hydrogens (primary N) is 1. The average Bonchev–Trinajstić information content (AvgIpc) is 2.27. The van der Waals surface area contributed by atoms with Gasteiger partial charge in [-0.05, 0) is 24.6 Å². The van der Waals surface area contributed by atoms with Crippen molar-refractivity contribution in [2.45, 2.75) is 45.1 Å². The molecular formula is C13H19BrFN. The zero-order valence-corrected chi connectivity index (χ0v) is 11.3. The average molecular weight is 288 g/mol. The summed E-state index contributed by atoms with van der Waals surface area (Å²) in [6, 6.07) is 4.75. The number of hydrogen-bond acceptors (Lipinski definition) is 1. The van der Waals surface area contributed by atoms with Crippen LogP contribution in [0.4, 0.5) is 4.39 Å². The van der Waals surface area contributed by atoms with Gasteiger partial charge in [-0.1, -0.05) is 48.5 Å². The van der Waals surface area contributed by atoms with Crippen LogP contribution in [0, 0.1) is 5.82 Å². The van der Waals surface area contributed by atoms with Crippen LogP contribution in [0.15, 0.2) is 22.7 Å². The minimum absolute atomic E-state index is 0.186. The van der Waals surface area contributed by atoms with Crippen LogP contribution in [0.25, 0.3) is 0 Å². The molecule has 1 nitrogen and oxygen atoms in total. The first-order valence-corrected chi connectivity index (χ1v) is 6.65. The molecule has 1 aromatic carbocycles. The normalized spacial score (nSPS) is 12.8. The summed E-state index contributed by atoms with van der Waals surface area (Å²) in [7, 11) is 0. The Morgan fingerprint density at radius 1 is 1.31 bits per heavy atom. The zero-order valence-electron chi connectivity index (χ0n) is 9.68. The monoisotopic (exact) mass is 287 g/mol. The van der Waals surface area contributed by atoms with E-state index in [-0.39, 0.29) is 11.9 Å². The van der Waals surface area contributed by atoms with E-state index in [0.717, 1.165) is 17.3 Å². The highest BCUT2D eigenvalue weighted by molar-refractivity contribution is 9.10. The third kappa shape index (κ3) is 4.22. The molecule has 0 aliphatic carbocycles. The third-order valence-corrected chi connectivity index (χ3v) is 3.22. The Bertz CT molecular complexity index is 328. The van der Waals surface area contributed by atoms with Crippen LogP contribution in [0.2, 0.25) is 0 Å². The van der Waals surface area contributed by atoms with Crippen LogP contribution >= 0.6 is 15.9 Å². The van der Waals surface area contributed by atoms with Crippen LogP contribution in [-0.4, -0.2) is 0 Å². The second-order valence-corrected chi connectivity index (χ2v) is 5.04. The minimum Gasteiger partial charge on any atom is -0.324 e. The molecule has 0 bridgehead atoms. The van der Waals surface area contributed by atoms with Gasteiger partial charge in [-0.3, -0.25) is 0 Å². The van der Waals surface area contributed by atoms with Gasteiger partial charge in [0.1, 0.15) is 5.82 Å². The highest BCUT2D eigenvalue weighted by Gasteiger charge is 2.11. The highest BCUT2D eigenvalue weighted by Crippen LogP contribution is 2.23. The van der Waals surface area contributed by atoms with Crippen molar-refractivity contribution in [1.29, 1.82) is 0 Å². The lowest BCUT2D eigenvalue weighted by Crippen LogP contribution is -2.12. The third-order valence-electron chi connectivity index (χ3n) is 2.73. The van der Waals surface area contributed by atoms with Gasteiger partial charge in [0, 0.05) is 16.1 Å². The maximum atomic E-state index is 13.5. The zero-order chi connectivity index (χ0) is 12.0. The maximum Gasteiger partial charge on any atom is 0.128 e. The number of rotatable bonds is 6. The predicted octanol–water partition coefficient (Wildman–Crippen LogP) is 4.56. The van der Waals surface area contributed by atoms with Crippen molar-refractivity contribution in [3.63, 3.8) is 0 Å². The van der Waals surface area contributed by atoms with E-state index in [1.165, 1.54) is 25.3 Å². The van der Waals surface area contributed by atoms with Crippen LogP contribution in [-0.2, 0) is 0 Å². The van der Waals surface area contributed by atoms with Gasteiger partial charge in [0.05, 0.1) is 0 Å². The Labute approximate surface area is 105 Å². The molecule has 1 atom stereocenters. The van der Waals surface area contributed by atoms with Crippen molar-refractivity contribution in [2.75, 3.05) is 0 Å². The first kappa shape index (κ1) is 13.7. The fourth-order valence-corrected chi connectivity index (χ4v) is 2.12. The molecular weight excluding hydrogens is 269 g/mol. The molecule has 2 N–H and O–H groups in total. The molecule has 90 valence electrons. The number of hydrogen-bond donors (Lipinski definition) is 1. The molecule has 0 saturated heterocycles. The molecule has 0 aliphatic heterocycles. The summed E-state index contributed by atoms with van der Waals surface area (Å²) < 4.78 is 14.4. The SMILES string of the molecule is CCCCCCC(N)c1cc(Br)ccc1F. The Morgan fingerprint density at radius 3 is 2.75 bits per heavy atom. The van der Waals surface area contributed by atoms with Gasteiger partial charge in [-0.2, -0.15) is 0 Å². The van der Waals surface area contributed by atoms with Gasteiger partial charge in [0.2, 0.25) is 0 Å². The van der Waals surface area contributed by atoms with Crippen molar-refractivity contribution in [2.24, 2.45) is 5.73 Å². The van der Waals surface area contributed by atoms with Crippen molar-refractivity contribution >= 4 is 15.9 Å². The molecule has 0 fully saturated rings. The van der Waals surface area contributed by atoms with Gasteiger partial charge in [-0.15, -0.1) is 0 Å². The van der Waals surface area contributed by atoms with E-state index < -0.39 is 0 Å². The fourth-order valence-electron chi connectivity index (χ4n) is 1.75. The van der Waals surface area contributed by atoms with Crippen molar-refractivity contribution in [1.82, 2.24) is 0 Å². The lowest BCUT2D eigenvalue weighted by atomic mass is 10.0. The Kier molecular flexibility index (Phi) is 5.99. The van der Waals surface area contributed by atoms with Crippen LogP contribution < -0.4 is 5.73 Å². The van der Waals surface area contributed by atoms with Crippen molar-refractivity contribution < 1.29 is 4.39 Å². The largest absolute Gasteiger partial charge is 0.324 e. The van der Waals surface area contributed by atoms with E-state index in [9.17, 15) is 4.39 Å². The topological polar surface area (TPSA) is 26.0 Å². The molecule has 0 aromatic heterocycles. The summed E-state index contributed by atoms with van der Waals surface area (Å²) in [5, 5.41) is 0. The number of halogens is 2. The summed E-state index contributed by atoms with van der Waals surface area (Å²) >= 11 is 3.34. The van der Waals surface area contributed by atoms with Crippen LogP contribution in [0.5, 0.6) is 0 Å². The lowest BCUT2D eigenvalue weighted by molar-refractivity contribution is 0.531. The molecule has 16 heavy (non-hydrogen) atoms. The molecule has 0 aliphatic rings. The Balaban J connectivity index is 2.51. The number of benzene rings is 1. The second kappa shape index (κ2) is 7.02. The van der Waals surface area contributed by atoms with Gasteiger partial charge in [-0.25, -0.2) is 4.39 Å². The Morgan fingerprint density at radius 2 is 2.06 bits per heavy atom. The van der Waals surface area contributed by atoms with Gasteiger partial charge in [0.25, 0.3) is 0 Å². The van der Waals surface area contributed by atoms with Gasteiger partial charge in [0.15, 0.2) is 0 Å². The number of unbranched alkanes of at least 4 members (excludes halogenated alkanes) is 3. The standard InChI is InChI=1S/C13H19BrFN/c1-2-3-4-5-6-13(16)11-9-10(14)7-8-12(11)15/h7-9,13H,2-6,16H2,1H3. The first-order valence-electron chi connectivity index (χ1n) is 5.85. The van der Waals surface area contributed by atoms with E-state index in [0.29, 0.717) is 5.56 Å². The molecule has 0 saturated carbocycles. The lowest BCUT2D eigenvalue weighted by Gasteiger charge is -2.13. The van der Waals surface area contributed by atoms with E-state index >= 15 is 0 Å². The van der Waals surface area contributed by atoms with Crippen molar-refractivity contribution in [3.8, 4) is 0 Å². The molecule has 0 heterocycles. The second-order valence-electron chi connectivity index (χ2n) is 4.12. The molecule has 1 unspecified atom stereocenters. The maximum absolute atomic E-state index is 13.5. The molecule has 0 spiro atoms. The van der Waals surface area contributed by atoms with Gasteiger partial charge < -0.3 is 5.73 Å². The van der Waals surface area contributed by atoms with Gasteiger partial charge >= 0.3 is 0 Å². The summed E-state index contributed by atoms with van der Waals surface area (Å²) in [5.41, 5.74) is 6.60. The predicted molar refractivity (Wildman–Crippen MR) is 69.8 cm³/mol.